The van der Waals surface area contributed by atoms with Crippen molar-refractivity contribution < 1.29 is 48.2 Å². The number of aromatic nitrogens is 4. The van der Waals surface area contributed by atoms with Crippen molar-refractivity contribution >= 4 is 32.8 Å². The normalized spacial score (nSPS) is 14.9. The van der Waals surface area contributed by atoms with E-state index >= 15 is 0 Å². The molecule has 72 heavy (non-hydrogen) atoms. The van der Waals surface area contributed by atoms with Gasteiger partial charge in [-0.15, -0.1) is 29.7 Å². The third-order valence-electron chi connectivity index (χ3n) is 13.3. The number of hydrogen-bond acceptors (Lipinski definition) is 2. The van der Waals surface area contributed by atoms with Crippen molar-refractivity contribution in [2.24, 2.45) is 0 Å². The minimum absolute atomic E-state index is 0. The molecule has 0 spiro atoms. The van der Waals surface area contributed by atoms with Crippen molar-refractivity contribution in [2.45, 2.75) is 78.6 Å². The average Bonchev–Trinajstić information content (AvgIpc) is 1.65. The molecule has 0 atom stereocenters. The summed E-state index contributed by atoms with van der Waals surface area (Å²) in [6, 6.07) is 28.0. The molecule has 0 unspecified atom stereocenters. The van der Waals surface area contributed by atoms with Gasteiger partial charge in [0, 0.05) is 44.3 Å². The summed E-state index contributed by atoms with van der Waals surface area (Å²) in [6.45, 7) is 18.7. The van der Waals surface area contributed by atoms with Gasteiger partial charge in [0.05, 0.1) is 34.5 Å². The van der Waals surface area contributed by atoms with Gasteiger partial charge in [-0.25, -0.2) is 4.98 Å². The molecule has 0 radical (unpaired) electrons. The summed E-state index contributed by atoms with van der Waals surface area (Å²) in [6.07, 6.45) is 5.42. The second kappa shape index (κ2) is 17.5. The summed E-state index contributed by atoms with van der Waals surface area (Å²) >= 11 is 0. The van der Waals surface area contributed by atoms with Crippen LogP contribution in [0, 0.1) is 18.5 Å². The van der Waals surface area contributed by atoms with Crippen LogP contribution in [0.25, 0.3) is 94.5 Å². The van der Waals surface area contributed by atoms with Gasteiger partial charge < -0.3 is 13.9 Å². The molecule has 8 aromatic carbocycles. The molecule has 3 aromatic heterocycles. The zero-order valence-electron chi connectivity index (χ0n) is 54.3. The summed E-state index contributed by atoms with van der Waals surface area (Å²) in [5.41, 5.74) is 4.01. The van der Waals surface area contributed by atoms with Crippen molar-refractivity contribution in [3.8, 4) is 73.2 Å². The maximum atomic E-state index is 9.88. The Bertz CT molecular complexity index is 4670. The summed E-state index contributed by atoms with van der Waals surface area (Å²) in [7, 11) is 0. The van der Waals surface area contributed by atoms with Crippen LogP contribution < -0.4 is 9.30 Å². The third-order valence-corrected chi connectivity index (χ3v) is 13.3. The smallest absolute Gasteiger partial charge is 0.268 e. The van der Waals surface area contributed by atoms with E-state index in [0.29, 0.717) is 28.5 Å². The van der Waals surface area contributed by atoms with Crippen LogP contribution >= 0.6 is 0 Å². The standard InChI is InChI=1S/C66H56N4O.Pt/c1-64(2,3)44-32-33-67-61(38-44)70-58-29-18-17-28-53(58)54-31-30-48(40-59(54)70)71-47-23-19-22-46(39-47)68-41-69-62-56(36-45(65(4,5)6)37-57(62)66(7,8)9)52-27-16-14-25-50(52)49-24-13-15-26-51(49)55-34-43(35-60(68)63(55)69)42-20-11-10-12-21-42;/h10-38H,1-9H3;/q-2;/i10D,11D,12D,13D,14D,15D,16D,20D,21D,24D,25D,26D,27D;. The Morgan fingerprint density at radius 3 is 1.89 bits per heavy atom. The van der Waals surface area contributed by atoms with Crippen molar-refractivity contribution in [3.63, 3.8) is 0 Å². The Morgan fingerprint density at radius 2 is 1.19 bits per heavy atom. The first-order chi connectivity index (χ1) is 39.5. The van der Waals surface area contributed by atoms with E-state index < -0.39 is 89.4 Å². The predicted octanol–water partition coefficient (Wildman–Crippen LogP) is 16.5. The number of ether oxygens (including phenoxy) is 1. The van der Waals surface area contributed by atoms with Crippen LogP contribution in [-0.2, 0) is 37.3 Å². The van der Waals surface area contributed by atoms with Gasteiger partial charge in [-0.1, -0.05) is 183 Å². The van der Waals surface area contributed by atoms with Gasteiger partial charge in [-0.2, -0.15) is 18.2 Å². The molecule has 11 aromatic rings. The van der Waals surface area contributed by atoms with Crippen LogP contribution in [0.3, 0.4) is 0 Å². The zero-order valence-corrected chi connectivity index (χ0v) is 43.5. The van der Waals surface area contributed by atoms with Crippen LogP contribution in [0.2, 0.25) is 0 Å². The van der Waals surface area contributed by atoms with Gasteiger partial charge >= 0.3 is 0 Å². The van der Waals surface area contributed by atoms with E-state index in [1.807, 2.05) is 90.2 Å². The molecule has 1 aliphatic heterocycles. The maximum Gasteiger partial charge on any atom is 0.268 e. The number of fused-ring (bicyclic) bond motifs is 10. The van der Waals surface area contributed by atoms with Crippen LogP contribution in [0.1, 0.15) is 96.8 Å². The molecule has 0 amide bonds. The largest absolute Gasteiger partial charge is 0.510 e. The van der Waals surface area contributed by atoms with Crippen molar-refractivity contribution in [1.82, 2.24) is 14.1 Å². The first-order valence-electron chi connectivity index (χ1n) is 30.1. The van der Waals surface area contributed by atoms with Crippen LogP contribution in [0.15, 0.2) is 176 Å². The molecule has 12 rings (SSSR count). The van der Waals surface area contributed by atoms with Gasteiger partial charge in [0.1, 0.15) is 5.82 Å². The van der Waals surface area contributed by atoms with Crippen LogP contribution in [-0.4, -0.2) is 14.1 Å². The molecule has 1 aliphatic rings. The number of benzene rings is 8. The number of nitrogens with zero attached hydrogens (tertiary/aromatic N) is 4. The van der Waals surface area contributed by atoms with Gasteiger partial charge in [-0.3, -0.25) is 4.57 Å². The van der Waals surface area contributed by atoms with E-state index in [1.54, 1.807) is 33.4 Å². The van der Waals surface area contributed by atoms with E-state index in [-0.39, 0.29) is 82.2 Å². The quantitative estimate of drug-likeness (QED) is 0.127. The van der Waals surface area contributed by atoms with E-state index in [4.69, 9.17) is 16.6 Å². The summed E-state index contributed by atoms with van der Waals surface area (Å²) < 4.78 is 133. The monoisotopic (exact) mass is 1130 g/mol. The molecule has 0 bridgehead atoms. The molecule has 0 N–H and O–H groups in total. The minimum Gasteiger partial charge on any atom is -0.510 e. The fourth-order valence-electron chi connectivity index (χ4n) is 9.70. The molecule has 0 aliphatic carbocycles. The van der Waals surface area contributed by atoms with Gasteiger partial charge in [0.2, 0.25) is 0 Å². The molecule has 0 fully saturated rings. The molecular weight excluding hydrogens is 1060 g/mol. The summed E-state index contributed by atoms with van der Waals surface area (Å²) in [5, 5.41) is 1.94. The first kappa shape index (κ1) is 34.1. The van der Waals surface area contributed by atoms with E-state index in [9.17, 15) is 11.0 Å². The Kier molecular flexibility index (Phi) is 8.27. The molecule has 6 heteroatoms. The molecule has 0 saturated carbocycles. The maximum absolute atomic E-state index is 9.88. The third kappa shape index (κ3) is 7.99. The van der Waals surface area contributed by atoms with Gasteiger partial charge in [0.25, 0.3) is 6.33 Å². The topological polar surface area (TPSA) is 35.9 Å². The number of hydrogen-bond donors (Lipinski definition) is 0. The summed E-state index contributed by atoms with van der Waals surface area (Å²) in [4.78, 5) is 4.84. The Hall–Kier alpha value is -7.33. The summed E-state index contributed by atoms with van der Waals surface area (Å²) in [5.74, 6) is 1.34. The molecule has 0 saturated heterocycles. The first-order valence-corrected chi connectivity index (χ1v) is 23.6. The van der Waals surface area contributed by atoms with E-state index in [2.05, 4.69) is 62.0 Å². The van der Waals surface area contributed by atoms with Crippen molar-refractivity contribution in [1.29, 1.82) is 0 Å². The molecule has 4 heterocycles. The fraction of sp³-hybridized carbons (Fsp3) is 0.182. The Morgan fingerprint density at radius 1 is 0.542 bits per heavy atom. The van der Waals surface area contributed by atoms with Gasteiger partial charge in [-0.05, 0) is 113 Å². The van der Waals surface area contributed by atoms with Crippen LogP contribution in [0.5, 0.6) is 11.5 Å². The average molecular weight is 1130 g/mol. The second-order valence-corrected chi connectivity index (χ2v) is 21.2. The second-order valence-electron chi connectivity index (χ2n) is 21.2. The number of para-hydroxylation sites is 1. The van der Waals surface area contributed by atoms with E-state index in [0.717, 1.165) is 38.5 Å². The molecular formula is C66H56N4OPt-2. The van der Waals surface area contributed by atoms with Crippen LogP contribution in [0.4, 0.5) is 0 Å². The van der Waals surface area contributed by atoms with Gasteiger partial charge in [0.15, 0.2) is 0 Å². The van der Waals surface area contributed by atoms with E-state index in [1.165, 1.54) is 6.07 Å². The number of rotatable bonds is 5. The Balaban J connectivity index is 0.00000752. The SMILES string of the molecule is [2H]c1c([2H])c([2H])c(-c2cc3c4c(c2)n(-c2[c-]c(Oc5[c-]c6c(cc5)c5ccccc5n6-c5cc(C(C)(C)C)ccn5)ccc2)[c-][n+]4-c2c(cc(C(C)(C)C)cc2C(C)(C)C)-c2c([2H])c([2H])c([2H])c([2H])c2-c2c([2H])c([2H])c([2H])c([2H])c2-3)c([2H])c1[2H].[Pt]. The zero-order chi connectivity index (χ0) is 60.3. The molecule has 358 valence electrons. The molecule has 5 nitrogen and oxygen atoms in total. The Labute approximate surface area is 456 Å². The number of imidazole rings is 1. The predicted molar refractivity (Wildman–Crippen MR) is 291 cm³/mol. The van der Waals surface area contributed by atoms with Crippen molar-refractivity contribution in [2.75, 3.05) is 0 Å². The number of pyridine rings is 1. The minimum atomic E-state index is -0.710. The van der Waals surface area contributed by atoms with Crippen molar-refractivity contribution in [3.05, 3.63) is 211 Å². The fourth-order valence-corrected chi connectivity index (χ4v) is 9.70.